The highest BCUT2D eigenvalue weighted by atomic mass is 16.6. The topological polar surface area (TPSA) is 157 Å². The molecule has 0 radical (unpaired) electrons. The van der Waals surface area contributed by atoms with Crippen LogP contribution in [0.2, 0.25) is 0 Å². The molecule has 0 spiro atoms. The number of esters is 1. The van der Waals surface area contributed by atoms with Gasteiger partial charge in [0.2, 0.25) is 5.60 Å². The molecule has 3 rings (SSSR count). The van der Waals surface area contributed by atoms with E-state index in [2.05, 4.69) is 10.1 Å². The maximum Gasteiger partial charge on any atom is 0.306 e. The van der Waals surface area contributed by atoms with Crippen molar-refractivity contribution in [2.45, 2.75) is 51.1 Å². The number of hydrogen-bond donors (Lipinski definition) is 4. The number of nitrogens with one attached hydrogen (secondary N) is 2. The van der Waals surface area contributed by atoms with Gasteiger partial charge in [0.1, 0.15) is 30.1 Å². The van der Waals surface area contributed by atoms with E-state index in [-0.39, 0.29) is 34.6 Å². The number of aliphatic hydroxyl groups is 2. The van der Waals surface area contributed by atoms with Crippen LogP contribution in [0.1, 0.15) is 34.3 Å². The van der Waals surface area contributed by atoms with Crippen LogP contribution < -0.4 is 5.49 Å². The number of hydrogen-bond acceptors (Lipinski definition) is 8. The lowest BCUT2D eigenvalue weighted by atomic mass is 9.90. The Morgan fingerprint density at radius 1 is 1.64 bits per heavy atom. The molecule has 0 amide bonds. The number of aliphatic hydroxyl groups excluding tert-OH is 2. The number of nitrogens with zero attached hydrogens (tertiary/aromatic N) is 3. The van der Waals surface area contributed by atoms with E-state index in [1.807, 2.05) is 26.8 Å². The molecule has 0 unspecified atom stereocenters. The van der Waals surface area contributed by atoms with Crippen molar-refractivity contribution in [1.82, 2.24) is 14.6 Å². The Kier molecular flexibility index (Phi) is 4.66. The summed E-state index contributed by atoms with van der Waals surface area (Å²) in [4.78, 5) is 16.2. The van der Waals surface area contributed by atoms with Crippen molar-refractivity contribution in [3.63, 3.8) is 0 Å². The minimum atomic E-state index is -2.01. The Hall–Kier alpha value is -2.74. The first-order valence-corrected chi connectivity index (χ1v) is 8.72. The van der Waals surface area contributed by atoms with E-state index in [1.54, 1.807) is 0 Å². The summed E-state index contributed by atoms with van der Waals surface area (Å²) in [5.74, 6) is -0.637. The Morgan fingerprint density at radius 2 is 2.36 bits per heavy atom. The molecule has 4 N–H and O–H groups in total. The summed E-state index contributed by atoms with van der Waals surface area (Å²) in [7, 11) is 0. The Balaban J connectivity index is 2.14. The second-order valence-corrected chi connectivity index (χ2v) is 7.92. The molecule has 1 fully saturated rings. The van der Waals surface area contributed by atoms with Gasteiger partial charge in [-0.2, -0.15) is 5.26 Å². The zero-order valence-corrected chi connectivity index (χ0v) is 15.8. The van der Waals surface area contributed by atoms with E-state index < -0.39 is 36.5 Å². The van der Waals surface area contributed by atoms with Crippen LogP contribution >= 0.6 is 0 Å². The third-order valence-electron chi connectivity index (χ3n) is 4.50. The molecule has 2 aromatic rings. The van der Waals surface area contributed by atoms with Crippen molar-refractivity contribution in [2.75, 3.05) is 6.61 Å². The summed E-state index contributed by atoms with van der Waals surface area (Å²) in [5, 5.41) is 40.9. The maximum atomic E-state index is 12.5. The fraction of sp³-hybridized carbons (Fsp3) is 0.556. The van der Waals surface area contributed by atoms with E-state index in [9.17, 15) is 20.3 Å². The highest BCUT2D eigenvalue weighted by Gasteiger charge is 2.60. The van der Waals surface area contributed by atoms with Crippen molar-refractivity contribution in [3.8, 4) is 6.07 Å². The first-order chi connectivity index (χ1) is 13.5. The average molecular weight is 390 g/mol. The summed E-state index contributed by atoms with van der Waals surface area (Å²) in [6.07, 6.45) is -2.86. The highest BCUT2D eigenvalue weighted by Crippen LogP contribution is 2.42. The van der Waals surface area contributed by atoms with E-state index in [0.29, 0.717) is 0 Å². The Morgan fingerprint density at radius 3 is 2.96 bits per heavy atom. The number of rotatable bonds is 4. The SMILES string of the molecule is [2H]c1cc([C@]2(C#N)O[C@H](CO)[C@@H](O)[C@H]2OC(=O)CC(C)(C)C)n2[nH]cnc(=N)c12. The van der Waals surface area contributed by atoms with Gasteiger partial charge in [-0.25, -0.2) is 4.98 Å². The van der Waals surface area contributed by atoms with Crippen LogP contribution in [0, 0.1) is 22.2 Å². The second kappa shape index (κ2) is 7.01. The summed E-state index contributed by atoms with van der Waals surface area (Å²) < 4.78 is 20.6. The van der Waals surface area contributed by atoms with Crippen molar-refractivity contribution >= 4 is 11.5 Å². The van der Waals surface area contributed by atoms with Gasteiger partial charge in [0.15, 0.2) is 11.6 Å². The van der Waals surface area contributed by atoms with Crippen molar-refractivity contribution in [3.05, 3.63) is 29.6 Å². The molecule has 28 heavy (non-hydrogen) atoms. The first kappa shape index (κ1) is 18.6. The quantitative estimate of drug-likeness (QED) is 0.534. The number of aromatic amines is 1. The van der Waals surface area contributed by atoms with E-state index in [0.717, 1.165) is 0 Å². The fourth-order valence-electron chi connectivity index (χ4n) is 3.26. The smallest absolute Gasteiger partial charge is 0.306 e. The maximum absolute atomic E-state index is 12.5. The van der Waals surface area contributed by atoms with Gasteiger partial charge in [-0.1, -0.05) is 20.8 Å². The molecule has 3 heterocycles. The van der Waals surface area contributed by atoms with Crippen molar-refractivity contribution < 1.29 is 25.9 Å². The lowest BCUT2D eigenvalue weighted by Crippen LogP contribution is -2.44. The molecule has 0 aromatic carbocycles. The molecule has 10 heteroatoms. The van der Waals surface area contributed by atoms with E-state index in [4.69, 9.17) is 16.3 Å². The molecule has 0 aliphatic carbocycles. The fourth-order valence-corrected chi connectivity index (χ4v) is 3.26. The van der Waals surface area contributed by atoms with E-state index >= 15 is 0 Å². The van der Waals surface area contributed by atoms with Gasteiger partial charge in [0.05, 0.1) is 20.1 Å². The monoisotopic (exact) mass is 390 g/mol. The molecule has 1 aliphatic rings. The number of fused-ring (bicyclic) bond motifs is 1. The standard InChI is InChI=1S/C18H23N5O5/c1-17(2,3)6-13(25)27-15-14(26)11(7-24)28-18(15,8-19)12-5-4-10-16(20)21-9-22-23(10)12/h4-5,9,11,14-15,24,26H,6-7H2,1-3H3,(H2,20,21,22)/t11-,14-,15-,18+/m1/s1/i4D. The van der Waals surface area contributed by atoms with Crippen LogP contribution in [0.15, 0.2) is 18.4 Å². The minimum Gasteiger partial charge on any atom is -0.455 e. The number of nitriles is 1. The first-order valence-electron chi connectivity index (χ1n) is 9.22. The third-order valence-corrected chi connectivity index (χ3v) is 4.50. The summed E-state index contributed by atoms with van der Waals surface area (Å²) in [6.45, 7) is 4.92. The normalized spacial score (nSPS) is 28.1. The molecule has 1 aliphatic heterocycles. The Bertz CT molecular complexity index is 1040. The third kappa shape index (κ3) is 3.28. The van der Waals surface area contributed by atoms with Crippen molar-refractivity contribution in [2.24, 2.45) is 5.41 Å². The number of carbonyl (C=O) groups excluding carboxylic acids is 1. The van der Waals surface area contributed by atoms with Gasteiger partial charge in [-0.05, 0) is 17.5 Å². The zero-order chi connectivity index (χ0) is 21.6. The molecular formula is C18H23N5O5. The van der Waals surface area contributed by atoms with Crippen LogP contribution in [0.3, 0.4) is 0 Å². The molecule has 10 nitrogen and oxygen atoms in total. The van der Waals surface area contributed by atoms with Gasteiger partial charge in [0, 0.05) is 0 Å². The highest BCUT2D eigenvalue weighted by molar-refractivity contribution is 5.70. The van der Waals surface area contributed by atoms with E-state index in [1.165, 1.54) is 16.9 Å². The summed E-state index contributed by atoms with van der Waals surface area (Å²) >= 11 is 0. The number of carbonyl (C=O) groups is 1. The molecule has 0 bridgehead atoms. The predicted molar refractivity (Wildman–Crippen MR) is 94.6 cm³/mol. The van der Waals surface area contributed by atoms with Crippen LogP contribution in [0.5, 0.6) is 0 Å². The van der Waals surface area contributed by atoms with Crippen LogP contribution in [-0.4, -0.2) is 55.7 Å². The molecule has 150 valence electrons. The summed E-state index contributed by atoms with van der Waals surface area (Å²) in [5.41, 5.74) is -2.45. The van der Waals surface area contributed by atoms with Gasteiger partial charge in [-0.15, -0.1) is 0 Å². The lowest BCUT2D eigenvalue weighted by Gasteiger charge is -2.29. The molecule has 4 atom stereocenters. The number of H-pyrrole nitrogens is 1. The Labute approximate surface area is 162 Å². The van der Waals surface area contributed by atoms with Crippen LogP contribution in [-0.2, 0) is 19.9 Å². The van der Waals surface area contributed by atoms with Gasteiger partial charge < -0.3 is 19.7 Å². The zero-order valence-electron chi connectivity index (χ0n) is 16.8. The number of ether oxygens (including phenoxy) is 2. The minimum absolute atomic E-state index is 0.0348. The molecule has 0 saturated carbocycles. The van der Waals surface area contributed by atoms with Crippen LogP contribution in [0.4, 0.5) is 0 Å². The molecule has 1 saturated heterocycles. The van der Waals surface area contributed by atoms with Gasteiger partial charge >= 0.3 is 5.97 Å². The lowest BCUT2D eigenvalue weighted by molar-refractivity contribution is -0.162. The summed E-state index contributed by atoms with van der Waals surface area (Å²) in [6, 6.07) is 3.14. The number of aromatic nitrogens is 3. The second-order valence-electron chi connectivity index (χ2n) is 7.92. The van der Waals surface area contributed by atoms with Gasteiger partial charge in [0.25, 0.3) is 0 Å². The molecular weight excluding hydrogens is 366 g/mol. The van der Waals surface area contributed by atoms with Crippen molar-refractivity contribution in [1.29, 1.82) is 10.7 Å². The molecule has 2 aromatic heterocycles. The predicted octanol–water partition coefficient (Wildman–Crippen LogP) is -0.0393. The van der Waals surface area contributed by atoms with Crippen LogP contribution in [0.25, 0.3) is 5.52 Å². The largest absolute Gasteiger partial charge is 0.455 e. The average Bonchev–Trinajstić information content (AvgIpc) is 3.11. The van der Waals surface area contributed by atoms with Gasteiger partial charge in [-0.3, -0.25) is 19.8 Å².